The summed E-state index contributed by atoms with van der Waals surface area (Å²) in [4.78, 5) is 27.3. The molecule has 2 heterocycles. The van der Waals surface area contributed by atoms with Gasteiger partial charge in [-0.25, -0.2) is 4.79 Å². The van der Waals surface area contributed by atoms with Crippen LogP contribution in [0.2, 0.25) is 0 Å². The molecule has 0 aromatic heterocycles. The zero-order valence-corrected chi connectivity index (χ0v) is 12.1. The van der Waals surface area contributed by atoms with E-state index in [0.717, 1.165) is 19.3 Å². The monoisotopic (exact) mass is 316 g/mol. The van der Waals surface area contributed by atoms with E-state index in [0.29, 0.717) is 4.83 Å². The lowest BCUT2D eigenvalue weighted by Gasteiger charge is -2.38. The van der Waals surface area contributed by atoms with Crippen LogP contribution in [0.5, 0.6) is 0 Å². The van der Waals surface area contributed by atoms with Crippen molar-refractivity contribution in [2.45, 2.75) is 36.4 Å². The quantitative estimate of drug-likeness (QED) is 0.635. The summed E-state index contributed by atoms with van der Waals surface area (Å²) in [6.07, 6.45) is 2.87. The highest BCUT2D eigenvalue weighted by atomic mass is 79.9. The zero-order chi connectivity index (χ0) is 13.0. The Morgan fingerprint density at radius 2 is 2.00 bits per heavy atom. The van der Waals surface area contributed by atoms with Crippen molar-refractivity contribution in [3.05, 3.63) is 0 Å². The molecule has 5 nitrogen and oxygen atoms in total. The predicted molar refractivity (Wildman–Crippen MR) is 68.1 cm³/mol. The molecular weight excluding hydrogens is 300 g/mol. The van der Waals surface area contributed by atoms with Gasteiger partial charge in [-0.15, -0.1) is 0 Å². The van der Waals surface area contributed by atoms with Gasteiger partial charge in [0.25, 0.3) is 0 Å². The Morgan fingerprint density at radius 1 is 1.28 bits per heavy atom. The second kappa shape index (κ2) is 4.20. The third-order valence-corrected chi connectivity index (χ3v) is 5.43. The van der Waals surface area contributed by atoms with E-state index in [9.17, 15) is 9.59 Å². The Labute approximate surface area is 115 Å². The van der Waals surface area contributed by atoms with Gasteiger partial charge in [0, 0.05) is 24.8 Å². The van der Waals surface area contributed by atoms with Crippen molar-refractivity contribution >= 4 is 27.9 Å². The summed E-state index contributed by atoms with van der Waals surface area (Å²) in [5, 5.41) is 0. The Hall–Kier alpha value is -0.620. The van der Waals surface area contributed by atoms with E-state index in [-0.39, 0.29) is 36.1 Å². The van der Waals surface area contributed by atoms with Crippen molar-refractivity contribution in [3.8, 4) is 0 Å². The molecule has 0 N–H and O–H groups in total. The van der Waals surface area contributed by atoms with E-state index in [1.807, 2.05) is 0 Å². The molecular formula is C12H17BrN2O3. The minimum absolute atomic E-state index is 0.0550. The maximum atomic E-state index is 12.3. The van der Waals surface area contributed by atoms with Gasteiger partial charge in [-0.3, -0.25) is 9.69 Å². The number of carbonyl (C=O) groups is 2. The smallest absolute Gasteiger partial charge is 0.328 e. The van der Waals surface area contributed by atoms with Gasteiger partial charge in [-0.1, -0.05) is 22.4 Å². The molecule has 1 aliphatic carbocycles. The van der Waals surface area contributed by atoms with Crippen LogP contribution in [0.25, 0.3) is 0 Å². The van der Waals surface area contributed by atoms with Crippen LogP contribution in [0.15, 0.2) is 0 Å². The summed E-state index contributed by atoms with van der Waals surface area (Å²) in [7, 11) is 3.27. The molecule has 5 atom stereocenters. The lowest BCUT2D eigenvalue weighted by molar-refractivity contribution is -0.143. The van der Waals surface area contributed by atoms with Crippen LogP contribution in [0.1, 0.15) is 19.3 Å². The molecule has 3 fully saturated rings. The molecule has 3 aliphatic rings. The molecule has 18 heavy (non-hydrogen) atoms. The van der Waals surface area contributed by atoms with E-state index in [1.165, 1.54) is 4.90 Å². The van der Waals surface area contributed by atoms with E-state index in [4.69, 9.17) is 4.74 Å². The van der Waals surface area contributed by atoms with Crippen molar-refractivity contribution in [1.29, 1.82) is 0 Å². The Morgan fingerprint density at radius 3 is 2.72 bits per heavy atom. The number of amides is 3. The molecule has 0 bridgehead atoms. The zero-order valence-electron chi connectivity index (χ0n) is 10.5. The van der Waals surface area contributed by atoms with Crippen LogP contribution in [-0.2, 0) is 9.53 Å². The lowest BCUT2D eigenvalue weighted by Crippen LogP contribution is -2.58. The topological polar surface area (TPSA) is 49.9 Å². The Kier molecular flexibility index (Phi) is 2.90. The van der Waals surface area contributed by atoms with Gasteiger partial charge in [0.1, 0.15) is 6.23 Å². The van der Waals surface area contributed by atoms with Crippen LogP contribution in [0, 0.1) is 11.8 Å². The van der Waals surface area contributed by atoms with Crippen LogP contribution in [0.4, 0.5) is 4.79 Å². The predicted octanol–water partition coefficient (Wildman–Crippen LogP) is 1.41. The first kappa shape index (κ1) is 12.4. The summed E-state index contributed by atoms with van der Waals surface area (Å²) < 4.78 is 5.99. The number of hydrogen-bond acceptors (Lipinski definition) is 3. The van der Waals surface area contributed by atoms with E-state index in [1.54, 1.807) is 19.0 Å². The number of fused-ring (bicyclic) bond motifs is 3. The molecule has 6 heteroatoms. The SMILES string of the molecule is CN1C(=O)C2C3CCCC(Br)C3OC2N(C)C1=O. The molecule has 1 saturated carbocycles. The van der Waals surface area contributed by atoms with Gasteiger partial charge in [0.15, 0.2) is 0 Å². The van der Waals surface area contributed by atoms with E-state index >= 15 is 0 Å². The largest absolute Gasteiger partial charge is 0.353 e. The van der Waals surface area contributed by atoms with Crippen LogP contribution >= 0.6 is 15.9 Å². The normalized spacial score (nSPS) is 44.1. The molecule has 0 aromatic carbocycles. The fraction of sp³-hybridized carbons (Fsp3) is 0.833. The van der Waals surface area contributed by atoms with Crippen molar-refractivity contribution in [2.75, 3.05) is 14.1 Å². The third-order valence-electron chi connectivity index (χ3n) is 4.45. The summed E-state index contributed by atoms with van der Waals surface area (Å²) in [5.41, 5.74) is 0. The number of rotatable bonds is 0. The molecule has 100 valence electrons. The van der Waals surface area contributed by atoms with Gasteiger partial charge >= 0.3 is 6.03 Å². The molecule has 2 saturated heterocycles. The molecule has 3 amide bonds. The maximum absolute atomic E-state index is 12.3. The number of ether oxygens (including phenoxy) is 1. The van der Waals surface area contributed by atoms with Crippen molar-refractivity contribution in [1.82, 2.24) is 9.80 Å². The maximum Gasteiger partial charge on any atom is 0.328 e. The van der Waals surface area contributed by atoms with Gasteiger partial charge in [0.05, 0.1) is 12.0 Å². The minimum Gasteiger partial charge on any atom is -0.353 e. The number of hydrogen-bond donors (Lipinski definition) is 0. The fourth-order valence-corrected chi connectivity index (χ4v) is 4.31. The molecule has 0 radical (unpaired) electrons. The number of alkyl halides is 1. The third kappa shape index (κ3) is 1.54. The number of imide groups is 1. The van der Waals surface area contributed by atoms with Crippen LogP contribution in [-0.4, -0.2) is 53.0 Å². The highest BCUT2D eigenvalue weighted by Crippen LogP contribution is 2.46. The van der Waals surface area contributed by atoms with Crippen LogP contribution < -0.4 is 0 Å². The van der Waals surface area contributed by atoms with Gasteiger partial charge in [0.2, 0.25) is 5.91 Å². The lowest BCUT2D eigenvalue weighted by atomic mass is 9.78. The second-order valence-corrected chi connectivity index (χ2v) is 6.59. The second-order valence-electron chi connectivity index (χ2n) is 5.42. The van der Waals surface area contributed by atoms with Gasteiger partial charge < -0.3 is 9.64 Å². The van der Waals surface area contributed by atoms with Crippen molar-refractivity contribution in [2.24, 2.45) is 11.8 Å². The minimum atomic E-state index is -0.380. The number of halogens is 1. The van der Waals surface area contributed by atoms with Gasteiger partial charge in [-0.2, -0.15) is 0 Å². The van der Waals surface area contributed by atoms with Crippen LogP contribution in [0.3, 0.4) is 0 Å². The molecule has 2 aliphatic heterocycles. The number of carbonyl (C=O) groups excluding carboxylic acids is 2. The van der Waals surface area contributed by atoms with E-state index in [2.05, 4.69) is 15.9 Å². The first-order valence-electron chi connectivity index (χ1n) is 6.36. The molecule has 5 unspecified atom stereocenters. The summed E-state index contributed by atoms with van der Waals surface area (Å²) in [6.45, 7) is 0. The molecule has 0 aromatic rings. The molecule has 0 spiro atoms. The first-order chi connectivity index (χ1) is 8.52. The van der Waals surface area contributed by atoms with Crippen molar-refractivity contribution < 1.29 is 14.3 Å². The van der Waals surface area contributed by atoms with Crippen molar-refractivity contribution in [3.63, 3.8) is 0 Å². The number of nitrogens with zero attached hydrogens (tertiary/aromatic N) is 2. The Bertz CT molecular complexity index is 403. The standard InChI is InChI=1S/C12H17BrN2O3/c1-14-10(16)8-6-4-3-5-7(13)9(6)18-11(8)15(2)12(14)17/h6-9,11H,3-5H2,1-2H3. The summed E-state index contributed by atoms with van der Waals surface area (Å²) in [6, 6.07) is -0.272. The van der Waals surface area contributed by atoms with Gasteiger partial charge in [-0.05, 0) is 12.8 Å². The van der Waals surface area contributed by atoms with E-state index < -0.39 is 0 Å². The molecule has 3 rings (SSSR count). The first-order valence-corrected chi connectivity index (χ1v) is 7.28. The fourth-order valence-electron chi connectivity index (χ4n) is 3.47. The highest BCUT2D eigenvalue weighted by Gasteiger charge is 2.57. The Balaban J connectivity index is 1.94. The average Bonchev–Trinajstić information content (AvgIpc) is 2.75. The highest BCUT2D eigenvalue weighted by molar-refractivity contribution is 9.09. The number of urea groups is 1. The summed E-state index contributed by atoms with van der Waals surface area (Å²) >= 11 is 3.65. The summed E-state index contributed by atoms with van der Waals surface area (Å²) in [5.74, 6) is -0.0427. The average molecular weight is 317 g/mol.